The molecule has 1 fully saturated rings. The van der Waals surface area contributed by atoms with E-state index in [-0.39, 0.29) is 12.0 Å². The Kier molecular flexibility index (Phi) is 7.34. The number of amides is 2. The van der Waals surface area contributed by atoms with E-state index in [1.165, 1.54) is 0 Å². The van der Waals surface area contributed by atoms with Crippen LogP contribution < -0.4 is 5.32 Å². The van der Waals surface area contributed by atoms with Gasteiger partial charge in [0.15, 0.2) is 0 Å². The molecule has 24 heavy (non-hydrogen) atoms. The van der Waals surface area contributed by atoms with Gasteiger partial charge in [-0.15, -0.1) is 0 Å². The van der Waals surface area contributed by atoms with Gasteiger partial charge < -0.3 is 15.0 Å². The zero-order chi connectivity index (χ0) is 17.4. The second-order valence-electron chi connectivity index (χ2n) is 5.69. The summed E-state index contributed by atoms with van der Waals surface area (Å²) in [5, 5.41) is 3.63. The van der Waals surface area contributed by atoms with Crippen LogP contribution in [0.2, 0.25) is 5.02 Å². The number of carbonyl (C=O) groups is 2. The van der Waals surface area contributed by atoms with E-state index in [4.69, 9.17) is 16.3 Å². The molecule has 7 heteroatoms. The number of hydrogen-bond donors (Lipinski definition) is 1. The molecule has 1 aliphatic rings. The monoisotopic (exact) mass is 353 g/mol. The number of halogens is 1. The SMILES string of the molecule is CCOC(=O)N1CCN(CC(=O)NCCc2cccc(Cl)c2)CC1. The van der Waals surface area contributed by atoms with Crippen molar-refractivity contribution in [1.29, 1.82) is 0 Å². The van der Waals surface area contributed by atoms with Gasteiger partial charge in [-0.2, -0.15) is 0 Å². The topological polar surface area (TPSA) is 61.9 Å². The first-order valence-corrected chi connectivity index (χ1v) is 8.61. The minimum atomic E-state index is -0.275. The molecule has 1 aliphatic heterocycles. The summed E-state index contributed by atoms with van der Waals surface area (Å²) >= 11 is 5.94. The first-order valence-electron chi connectivity index (χ1n) is 8.23. The van der Waals surface area contributed by atoms with Crippen molar-refractivity contribution in [1.82, 2.24) is 15.1 Å². The minimum Gasteiger partial charge on any atom is -0.450 e. The fourth-order valence-electron chi connectivity index (χ4n) is 2.60. The van der Waals surface area contributed by atoms with Crippen molar-refractivity contribution in [3.8, 4) is 0 Å². The Balaban J connectivity index is 1.64. The predicted octanol–water partition coefficient (Wildman–Crippen LogP) is 1.77. The van der Waals surface area contributed by atoms with Crippen LogP contribution in [0.1, 0.15) is 12.5 Å². The molecule has 0 unspecified atom stereocenters. The smallest absolute Gasteiger partial charge is 0.409 e. The predicted molar refractivity (Wildman–Crippen MR) is 93.2 cm³/mol. The Morgan fingerprint density at radius 3 is 2.67 bits per heavy atom. The summed E-state index contributed by atoms with van der Waals surface area (Å²) in [5.74, 6) is 0.00149. The van der Waals surface area contributed by atoms with E-state index in [1.807, 2.05) is 29.2 Å². The average Bonchev–Trinajstić information content (AvgIpc) is 2.56. The highest BCUT2D eigenvalue weighted by molar-refractivity contribution is 6.30. The lowest BCUT2D eigenvalue weighted by atomic mass is 10.1. The number of carbonyl (C=O) groups excluding carboxylic acids is 2. The number of hydrogen-bond acceptors (Lipinski definition) is 4. The van der Waals surface area contributed by atoms with Crippen LogP contribution in [0.5, 0.6) is 0 Å². The van der Waals surface area contributed by atoms with Crippen molar-refractivity contribution in [2.75, 3.05) is 45.9 Å². The van der Waals surface area contributed by atoms with Crippen LogP contribution in [0.25, 0.3) is 0 Å². The number of nitrogens with zero attached hydrogens (tertiary/aromatic N) is 2. The standard InChI is InChI=1S/C17H24ClN3O3/c1-2-24-17(23)21-10-8-20(9-11-21)13-16(22)19-7-6-14-4-3-5-15(18)12-14/h3-5,12H,2,6-11,13H2,1H3,(H,19,22). The molecule has 132 valence electrons. The van der Waals surface area contributed by atoms with Crippen LogP contribution in [0.4, 0.5) is 4.79 Å². The van der Waals surface area contributed by atoms with E-state index in [9.17, 15) is 9.59 Å². The first-order chi connectivity index (χ1) is 11.6. The van der Waals surface area contributed by atoms with Gasteiger partial charge in [-0.05, 0) is 31.0 Å². The maximum absolute atomic E-state index is 12.0. The number of rotatable bonds is 6. The molecule has 1 heterocycles. The Bertz CT molecular complexity index is 560. The van der Waals surface area contributed by atoms with E-state index in [0.717, 1.165) is 12.0 Å². The van der Waals surface area contributed by atoms with Crippen molar-refractivity contribution >= 4 is 23.6 Å². The van der Waals surface area contributed by atoms with Crippen molar-refractivity contribution in [2.24, 2.45) is 0 Å². The molecule has 0 aromatic heterocycles. The maximum atomic E-state index is 12.0. The second kappa shape index (κ2) is 9.49. The molecule has 0 radical (unpaired) electrons. The number of ether oxygens (including phenoxy) is 1. The van der Waals surface area contributed by atoms with Crippen LogP contribution in [-0.2, 0) is 16.0 Å². The normalized spacial score (nSPS) is 15.2. The van der Waals surface area contributed by atoms with Crippen LogP contribution >= 0.6 is 11.6 Å². The van der Waals surface area contributed by atoms with Crippen LogP contribution in [0.3, 0.4) is 0 Å². The van der Waals surface area contributed by atoms with Gasteiger partial charge in [0, 0.05) is 37.7 Å². The summed E-state index contributed by atoms with van der Waals surface area (Å²) in [6.45, 7) is 5.66. The fourth-order valence-corrected chi connectivity index (χ4v) is 2.81. The molecule has 1 N–H and O–H groups in total. The summed E-state index contributed by atoms with van der Waals surface area (Å²) < 4.78 is 4.98. The molecule has 1 saturated heterocycles. The molecule has 0 spiro atoms. The average molecular weight is 354 g/mol. The van der Waals surface area contributed by atoms with E-state index >= 15 is 0 Å². The van der Waals surface area contributed by atoms with Gasteiger partial charge in [0.2, 0.25) is 5.91 Å². The molecule has 1 aromatic rings. The summed E-state index contributed by atoms with van der Waals surface area (Å²) in [5.41, 5.74) is 1.10. The maximum Gasteiger partial charge on any atom is 0.409 e. The Hall–Kier alpha value is -1.79. The molecule has 0 atom stereocenters. The fraction of sp³-hybridized carbons (Fsp3) is 0.529. The number of benzene rings is 1. The lowest BCUT2D eigenvalue weighted by Crippen LogP contribution is -2.51. The first kappa shape index (κ1) is 18.5. The van der Waals surface area contributed by atoms with E-state index < -0.39 is 0 Å². The number of nitrogens with one attached hydrogen (secondary N) is 1. The summed E-state index contributed by atoms with van der Waals surface area (Å²) in [4.78, 5) is 27.3. The Morgan fingerprint density at radius 1 is 1.25 bits per heavy atom. The summed E-state index contributed by atoms with van der Waals surface area (Å²) in [6, 6.07) is 7.64. The molecule has 0 saturated carbocycles. The molecule has 2 amide bonds. The van der Waals surface area contributed by atoms with Crippen LogP contribution in [0, 0.1) is 0 Å². The highest BCUT2D eigenvalue weighted by Crippen LogP contribution is 2.10. The van der Waals surface area contributed by atoms with Gasteiger partial charge in [-0.25, -0.2) is 4.79 Å². The Morgan fingerprint density at radius 2 is 2.00 bits per heavy atom. The van der Waals surface area contributed by atoms with Gasteiger partial charge >= 0.3 is 6.09 Å². The van der Waals surface area contributed by atoms with E-state index in [1.54, 1.807) is 11.8 Å². The molecule has 6 nitrogen and oxygen atoms in total. The van der Waals surface area contributed by atoms with E-state index in [0.29, 0.717) is 50.9 Å². The van der Waals surface area contributed by atoms with E-state index in [2.05, 4.69) is 5.32 Å². The summed E-state index contributed by atoms with van der Waals surface area (Å²) in [7, 11) is 0. The lowest BCUT2D eigenvalue weighted by Gasteiger charge is -2.33. The van der Waals surface area contributed by atoms with Crippen molar-refractivity contribution in [2.45, 2.75) is 13.3 Å². The van der Waals surface area contributed by atoms with Crippen LogP contribution in [0.15, 0.2) is 24.3 Å². The third-order valence-corrected chi connectivity index (χ3v) is 4.13. The van der Waals surface area contributed by atoms with Gasteiger partial charge in [-0.3, -0.25) is 9.69 Å². The van der Waals surface area contributed by atoms with Crippen LogP contribution in [-0.4, -0.2) is 67.7 Å². The lowest BCUT2D eigenvalue weighted by molar-refractivity contribution is -0.122. The highest BCUT2D eigenvalue weighted by Gasteiger charge is 2.22. The largest absolute Gasteiger partial charge is 0.450 e. The van der Waals surface area contributed by atoms with Gasteiger partial charge in [-0.1, -0.05) is 23.7 Å². The van der Waals surface area contributed by atoms with Crippen molar-refractivity contribution in [3.63, 3.8) is 0 Å². The third kappa shape index (κ3) is 6.02. The highest BCUT2D eigenvalue weighted by atomic mass is 35.5. The molecular formula is C17H24ClN3O3. The molecular weight excluding hydrogens is 330 g/mol. The third-order valence-electron chi connectivity index (χ3n) is 3.89. The second-order valence-corrected chi connectivity index (χ2v) is 6.13. The molecule has 2 rings (SSSR count). The number of piperazine rings is 1. The zero-order valence-electron chi connectivity index (χ0n) is 14.0. The quantitative estimate of drug-likeness (QED) is 0.846. The molecule has 0 bridgehead atoms. The molecule has 1 aromatic carbocycles. The molecule has 0 aliphatic carbocycles. The minimum absolute atomic E-state index is 0.00149. The van der Waals surface area contributed by atoms with Gasteiger partial charge in [0.25, 0.3) is 0 Å². The van der Waals surface area contributed by atoms with Crippen molar-refractivity contribution < 1.29 is 14.3 Å². The van der Waals surface area contributed by atoms with Gasteiger partial charge in [0.05, 0.1) is 13.2 Å². The zero-order valence-corrected chi connectivity index (χ0v) is 14.7. The Labute approximate surface area is 147 Å². The van der Waals surface area contributed by atoms with Crippen molar-refractivity contribution in [3.05, 3.63) is 34.9 Å². The van der Waals surface area contributed by atoms with Gasteiger partial charge in [0.1, 0.15) is 0 Å². The summed E-state index contributed by atoms with van der Waals surface area (Å²) in [6.07, 6.45) is 0.478.